The van der Waals surface area contributed by atoms with Gasteiger partial charge < -0.3 is 8.92 Å². The maximum Gasteiger partial charge on any atom is 0.348 e. The van der Waals surface area contributed by atoms with E-state index in [1.165, 1.54) is 30.3 Å². The Morgan fingerprint density at radius 1 is 1.24 bits per heavy atom. The minimum absolute atomic E-state index is 0.0756. The van der Waals surface area contributed by atoms with Crippen LogP contribution in [0.25, 0.3) is 0 Å². The molecule has 0 spiro atoms. The molecule has 0 radical (unpaired) electrons. The highest BCUT2D eigenvalue weighted by atomic mass is 32.3. The van der Waals surface area contributed by atoms with E-state index in [4.69, 9.17) is 8.92 Å². The van der Waals surface area contributed by atoms with Gasteiger partial charge in [0.25, 0.3) is 0 Å². The van der Waals surface area contributed by atoms with Crippen LogP contribution in [0.3, 0.4) is 0 Å². The first kappa shape index (κ1) is 15.5. The second-order valence-corrected chi connectivity index (χ2v) is 7.21. The molecular formula is C14H14O5S2. The number of thiophene rings is 1. The van der Waals surface area contributed by atoms with Crippen LogP contribution in [0.4, 0.5) is 0 Å². The van der Waals surface area contributed by atoms with Gasteiger partial charge in [-0.25, -0.2) is 4.79 Å². The number of ether oxygens (including phenoxy) is 1. The predicted molar refractivity (Wildman–Crippen MR) is 79.3 cm³/mol. The number of carbonyl (C=O) groups excluding carboxylic acids is 1. The zero-order valence-corrected chi connectivity index (χ0v) is 13.2. The van der Waals surface area contributed by atoms with Crippen LogP contribution >= 0.6 is 11.3 Å². The highest BCUT2D eigenvalue weighted by molar-refractivity contribution is 7.89. The van der Waals surface area contributed by atoms with Crippen LogP contribution < -0.4 is 4.18 Å². The lowest BCUT2D eigenvalue weighted by atomic mass is 10.2. The lowest BCUT2D eigenvalue weighted by molar-refractivity contribution is 0.0526. The second-order valence-electron chi connectivity index (χ2n) is 4.15. The second kappa shape index (κ2) is 6.28. The summed E-state index contributed by atoms with van der Waals surface area (Å²) in [6, 6.07) is 9.08. The van der Waals surface area contributed by atoms with Crippen molar-refractivity contribution in [2.45, 2.75) is 18.1 Å². The van der Waals surface area contributed by atoms with E-state index in [-0.39, 0.29) is 22.1 Å². The van der Waals surface area contributed by atoms with Crippen LogP contribution in [0.15, 0.2) is 40.6 Å². The highest BCUT2D eigenvalue weighted by Gasteiger charge is 2.19. The molecule has 0 atom stereocenters. The van der Waals surface area contributed by atoms with E-state index in [9.17, 15) is 13.2 Å². The summed E-state index contributed by atoms with van der Waals surface area (Å²) in [7, 11) is -3.88. The molecule has 1 aromatic heterocycles. The number of rotatable bonds is 5. The van der Waals surface area contributed by atoms with Gasteiger partial charge in [-0.3, -0.25) is 0 Å². The van der Waals surface area contributed by atoms with Crippen molar-refractivity contribution in [3.05, 3.63) is 46.8 Å². The molecule has 2 rings (SSSR count). The summed E-state index contributed by atoms with van der Waals surface area (Å²) in [6.45, 7) is 3.75. The third-order valence-corrected chi connectivity index (χ3v) is 5.21. The van der Waals surface area contributed by atoms with Gasteiger partial charge in [0.05, 0.1) is 12.2 Å². The molecule has 2 aromatic rings. The van der Waals surface area contributed by atoms with Crippen molar-refractivity contribution in [1.29, 1.82) is 0 Å². The Balaban J connectivity index is 2.24. The average Bonchev–Trinajstić information content (AvgIpc) is 2.86. The molecule has 0 bridgehead atoms. The van der Waals surface area contributed by atoms with Crippen molar-refractivity contribution in [1.82, 2.24) is 0 Å². The molecule has 0 aliphatic rings. The van der Waals surface area contributed by atoms with Crippen molar-refractivity contribution >= 4 is 27.4 Å². The number of aryl methyl sites for hydroxylation is 1. The quantitative estimate of drug-likeness (QED) is 0.624. The van der Waals surface area contributed by atoms with Crippen molar-refractivity contribution in [2.24, 2.45) is 0 Å². The number of benzene rings is 1. The Hall–Kier alpha value is -1.86. The molecule has 5 nitrogen and oxygen atoms in total. The lowest BCUT2D eigenvalue weighted by Crippen LogP contribution is -2.09. The van der Waals surface area contributed by atoms with Gasteiger partial charge >= 0.3 is 16.1 Å². The van der Waals surface area contributed by atoms with E-state index in [1.54, 1.807) is 13.0 Å². The van der Waals surface area contributed by atoms with Gasteiger partial charge in [0.2, 0.25) is 0 Å². The molecule has 0 unspecified atom stereocenters. The van der Waals surface area contributed by atoms with Crippen LogP contribution in [0.1, 0.15) is 22.2 Å². The predicted octanol–water partition coefficient (Wildman–Crippen LogP) is 3.00. The van der Waals surface area contributed by atoms with Gasteiger partial charge in [0, 0.05) is 4.88 Å². The molecule has 0 aliphatic heterocycles. The Kier molecular flexibility index (Phi) is 4.64. The first-order valence-electron chi connectivity index (χ1n) is 6.20. The lowest BCUT2D eigenvalue weighted by Gasteiger charge is -2.07. The van der Waals surface area contributed by atoms with Crippen molar-refractivity contribution in [3.8, 4) is 5.75 Å². The number of esters is 1. The Bertz CT molecular complexity index is 746. The molecule has 21 heavy (non-hydrogen) atoms. The number of hydrogen-bond donors (Lipinski definition) is 0. The smallest absolute Gasteiger partial charge is 0.348 e. The summed E-state index contributed by atoms with van der Waals surface area (Å²) < 4.78 is 34.2. The van der Waals surface area contributed by atoms with Crippen LogP contribution in [0, 0.1) is 6.92 Å². The largest absolute Gasteiger partial charge is 0.462 e. The minimum Gasteiger partial charge on any atom is -0.462 e. The zero-order valence-electron chi connectivity index (χ0n) is 11.5. The third-order valence-electron chi connectivity index (χ3n) is 2.51. The van der Waals surface area contributed by atoms with Crippen LogP contribution in [0.2, 0.25) is 0 Å². The van der Waals surface area contributed by atoms with Crippen LogP contribution in [-0.4, -0.2) is 21.0 Å². The summed E-state index contributed by atoms with van der Waals surface area (Å²) in [5, 5.41) is 0. The molecular weight excluding hydrogens is 312 g/mol. The van der Waals surface area contributed by atoms with Gasteiger partial charge in [-0.2, -0.15) is 8.42 Å². The standard InChI is InChI=1S/C14H14O5S2/c1-3-18-14(15)11-5-4-6-12(9-11)19-21(16,17)13-8-7-10(2)20-13/h4-9H,3H2,1-2H3. The fraction of sp³-hybridized carbons (Fsp3) is 0.214. The molecule has 0 N–H and O–H groups in total. The molecule has 1 heterocycles. The van der Waals surface area contributed by atoms with E-state index >= 15 is 0 Å². The molecule has 1 aromatic carbocycles. The SMILES string of the molecule is CCOC(=O)c1cccc(OS(=O)(=O)c2ccc(C)s2)c1. The topological polar surface area (TPSA) is 69.7 Å². The maximum atomic E-state index is 12.1. The molecule has 0 aliphatic carbocycles. The molecule has 7 heteroatoms. The minimum atomic E-state index is -3.88. The number of hydrogen-bond acceptors (Lipinski definition) is 6. The molecule has 0 saturated carbocycles. The van der Waals surface area contributed by atoms with Crippen LogP contribution in [0.5, 0.6) is 5.75 Å². The Labute approximate surface area is 127 Å². The first-order valence-corrected chi connectivity index (χ1v) is 8.43. The van der Waals surface area contributed by atoms with E-state index in [1.807, 2.05) is 6.92 Å². The Morgan fingerprint density at radius 3 is 2.62 bits per heavy atom. The van der Waals surface area contributed by atoms with Gasteiger partial charge in [-0.1, -0.05) is 6.07 Å². The summed E-state index contributed by atoms with van der Waals surface area (Å²) in [6.07, 6.45) is 0. The van der Waals surface area contributed by atoms with Crippen molar-refractivity contribution in [3.63, 3.8) is 0 Å². The summed E-state index contributed by atoms with van der Waals surface area (Å²) in [4.78, 5) is 12.5. The van der Waals surface area contributed by atoms with E-state index < -0.39 is 16.1 Å². The van der Waals surface area contributed by atoms with Gasteiger partial charge in [-0.05, 0) is 44.2 Å². The van der Waals surface area contributed by atoms with E-state index in [2.05, 4.69) is 0 Å². The summed E-state index contributed by atoms with van der Waals surface area (Å²) >= 11 is 1.13. The van der Waals surface area contributed by atoms with E-state index in [0.717, 1.165) is 16.2 Å². The van der Waals surface area contributed by atoms with Crippen molar-refractivity contribution in [2.75, 3.05) is 6.61 Å². The van der Waals surface area contributed by atoms with Gasteiger partial charge in [-0.15, -0.1) is 11.3 Å². The number of carbonyl (C=O) groups is 1. The Morgan fingerprint density at radius 2 is 2.00 bits per heavy atom. The summed E-state index contributed by atoms with van der Waals surface area (Å²) in [5.41, 5.74) is 0.243. The molecule has 0 saturated heterocycles. The van der Waals surface area contributed by atoms with Crippen molar-refractivity contribution < 1.29 is 22.1 Å². The highest BCUT2D eigenvalue weighted by Crippen LogP contribution is 2.25. The van der Waals surface area contributed by atoms with E-state index in [0.29, 0.717) is 0 Å². The van der Waals surface area contributed by atoms with Gasteiger partial charge in [0.1, 0.15) is 5.75 Å². The zero-order chi connectivity index (χ0) is 15.5. The monoisotopic (exact) mass is 326 g/mol. The van der Waals surface area contributed by atoms with Crippen LogP contribution in [-0.2, 0) is 14.9 Å². The molecule has 112 valence electrons. The normalized spacial score (nSPS) is 11.1. The molecule has 0 amide bonds. The fourth-order valence-corrected chi connectivity index (χ4v) is 3.77. The summed E-state index contributed by atoms with van der Waals surface area (Å²) in [5.74, 6) is -0.445. The molecule has 0 fully saturated rings. The maximum absolute atomic E-state index is 12.1. The van der Waals surface area contributed by atoms with Gasteiger partial charge in [0.15, 0.2) is 4.21 Å². The fourth-order valence-electron chi connectivity index (χ4n) is 1.60. The first-order chi connectivity index (χ1) is 9.92. The average molecular weight is 326 g/mol. The third kappa shape index (κ3) is 3.83.